The fourth-order valence-electron chi connectivity index (χ4n) is 3.29. The van der Waals surface area contributed by atoms with E-state index in [9.17, 15) is 9.59 Å². The molecule has 0 amide bonds. The molecule has 0 aliphatic rings. The van der Waals surface area contributed by atoms with Crippen LogP contribution in [0.3, 0.4) is 0 Å². The predicted molar refractivity (Wildman–Crippen MR) is 116 cm³/mol. The molecule has 0 spiro atoms. The number of aryl methyl sites for hydroxylation is 2. The summed E-state index contributed by atoms with van der Waals surface area (Å²) in [6, 6.07) is 11.3. The van der Waals surface area contributed by atoms with Gasteiger partial charge in [-0.3, -0.25) is 14.2 Å². The van der Waals surface area contributed by atoms with Gasteiger partial charge in [0.1, 0.15) is 4.88 Å². The van der Waals surface area contributed by atoms with Gasteiger partial charge in [-0.15, -0.1) is 5.10 Å². The molecular weight excluding hydrogens is 420 g/mol. The molecule has 30 heavy (non-hydrogen) atoms. The second-order valence-corrected chi connectivity index (χ2v) is 8.47. The molecule has 0 fully saturated rings. The Morgan fingerprint density at radius 3 is 2.37 bits per heavy atom. The van der Waals surface area contributed by atoms with Crippen LogP contribution in [-0.2, 0) is 0 Å². The van der Waals surface area contributed by atoms with Crippen molar-refractivity contribution in [2.24, 2.45) is 0 Å². The first-order chi connectivity index (χ1) is 14.3. The van der Waals surface area contributed by atoms with Crippen molar-refractivity contribution in [2.75, 3.05) is 0 Å². The monoisotopic (exact) mass is 438 g/mol. The molecular formula is C20H18N6O2S2. The third-order valence-electron chi connectivity index (χ3n) is 4.63. The summed E-state index contributed by atoms with van der Waals surface area (Å²) in [5.41, 5.74) is 3.01. The first-order valence-corrected chi connectivity index (χ1v) is 10.3. The van der Waals surface area contributed by atoms with Crippen LogP contribution in [0.4, 0.5) is 0 Å². The van der Waals surface area contributed by atoms with Gasteiger partial charge >= 0.3 is 0 Å². The van der Waals surface area contributed by atoms with E-state index in [1.807, 2.05) is 50.2 Å². The van der Waals surface area contributed by atoms with E-state index in [0.717, 1.165) is 11.4 Å². The average molecular weight is 439 g/mol. The second-order valence-electron chi connectivity index (χ2n) is 6.83. The number of Topliss-reactive ketones (excluding diaryl/α,β-unsaturated/α-hetero) is 1. The highest BCUT2D eigenvalue weighted by molar-refractivity contribution is 7.73. The summed E-state index contributed by atoms with van der Waals surface area (Å²) in [6.45, 7) is 6.82. The van der Waals surface area contributed by atoms with E-state index >= 15 is 0 Å². The molecule has 0 saturated carbocycles. The number of thiazole rings is 1. The Kier molecular flexibility index (Phi) is 5.04. The van der Waals surface area contributed by atoms with Crippen LogP contribution in [0, 0.1) is 24.7 Å². The number of hydrogen-bond acceptors (Lipinski definition) is 7. The summed E-state index contributed by atoms with van der Waals surface area (Å²) < 4.78 is 5.09. The van der Waals surface area contributed by atoms with Crippen molar-refractivity contribution >= 4 is 35.2 Å². The minimum atomic E-state index is -0.319. The topological polar surface area (TPSA) is 87.6 Å². The lowest BCUT2D eigenvalue weighted by Gasteiger charge is -2.11. The lowest BCUT2D eigenvalue weighted by atomic mass is 10.2. The van der Waals surface area contributed by atoms with Crippen molar-refractivity contribution in [3.8, 4) is 11.5 Å². The molecule has 0 radical (unpaired) electrons. The molecule has 4 aromatic rings. The van der Waals surface area contributed by atoms with Crippen LogP contribution in [0.1, 0.15) is 44.2 Å². The number of carbonyl (C=O) groups is 2. The number of hydrogen-bond donors (Lipinski definition) is 0. The highest BCUT2D eigenvalue weighted by atomic mass is 32.1. The largest absolute Gasteiger partial charge is 0.293 e. The molecule has 1 aromatic carbocycles. The highest BCUT2D eigenvalue weighted by Gasteiger charge is 2.27. The number of nitrogens with zero attached hydrogens (tertiary/aromatic N) is 6. The molecule has 8 nitrogen and oxygen atoms in total. The van der Waals surface area contributed by atoms with Crippen LogP contribution in [-0.4, -0.2) is 41.0 Å². The Labute approximate surface area is 181 Å². The molecule has 0 aliphatic carbocycles. The van der Waals surface area contributed by atoms with Gasteiger partial charge in [-0.2, -0.15) is 14.5 Å². The minimum Gasteiger partial charge on any atom is -0.293 e. The number of para-hydroxylation sites is 1. The van der Waals surface area contributed by atoms with Crippen LogP contribution in [0.15, 0.2) is 36.4 Å². The summed E-state index contributed by atoms with van der Waals surface area (Å²) in [5.74, 6) is -0.0860. The van der Waals surface area contributed by atoms with E-state index in [4.69, 9.17) is 12.2 Å². The molecule has 10 heteroatoms. The molecule has 0 N–H and O–H groups in total. The van der Waals surface area contributed by atoms with E-state index in [1.54, 1.807) is 11.5 Å². The van der Waals surface area contributed by atoms with Crippen molar-refractivity contribution in [1.82, 2.24) is 29.3 Å². The number of rotatable bonds is 4. The summed E-state index contributed by atoms with van der Waals surface area (Å²) in [7, 11) is 0. The van der Waals surface area contributed by atoms with Crippen LogP contribution >= 0.6 is 23.6 Å². The Bertz CT molecular complexity index is 1340. The van der Waals surface area contributed by atoms with Gasteiger partial charge in [0.25, 0.3) is 5.91 Å². The van der Waals surface area contributed by atoms with E-state index in [1.165, 1.54) is 27.6 Å². The average Bonchev–Trinajstić information content (AvgIpc) is 3.36. The second kappa shape index (κ2) is 7.54. The zero-order valence-electron chi connectivity index (χ0n) is 16.8. The SMILES string of the molecule is CC(=O)c1nnn(-c2c(C(=O)n3nc(C)cc3C)sc(=S)n2-c2ccccc2)c1C. The van der Waals surface area contributed by atoms with Crippen molar-refractivity contribution in [2.45, 2.75) is 27.7 Å². The number of aromatic nitrogens is 6. The minimum absolute atomic E-state index is 0.203. The van der Waals surface area contributed by atoms with Crippen LogP contribution in [0.2, 0.25) is 0 Å². The van der Waals surface area contributed by atoms with E-state index in [2.05, 4.69) is 15.4 Å². The maximum atomic E-state index is 13.4. The van der Waals surface area contributed by atoms with Gasteiger partial charge in [-0.05, 0) is 51.2 Å². The Morgan fingerprint density at radius 1 is 1.10 bits per heavy atom. The van der Waals surface area contributed by atoms with E-state index in [0.29, 0.717) is 26.0 Å². The van der Waals surface area contributed by atoms with Crippen molar-refractivity contribution in [3.63, 3.8) is 0 Å². The van der Waals surface area contributed by atoms with Gasteiger partial charge in [-0.1, -0.05) is 34.7 Å². The molecule has 0 aliphatic heterocycles. The first-order valence-electron chi connectivity index (χ1n) is 9.12. The van der Waals surface area contributed by atoms with Crippen LogP contribution < -0.4 is 0 Å². The van der Waals surface area contributed by atoms with Gasteiger partial charge in [0.2, 0.25) is 0 Å². The maximum Gasteiger partial charge on any atom is 0.292 e. The summed E-state index contributed by atoms with van der Waals surface area (Å²) >= 11 is 6.79. The number of ketones is 1. The van der Waals surface area contributed by atoms with Gasteiger partial charge in [-0.25, -0.2) is 0 Å². The number of benzene rings is 1. The van der Waals surface area contributed by atoms with Crippen LogP contribution in [0.5, 0.6) is 0 Å². The summed E-state index contributed by atoms with van der Waals surface area (Å²) in [6.07, 6.45) is 0. The third kappa shape index (κ3) is 3.23. The Balaban J connectivity index is 2.03. The molecule has 3 aromatic heterocycles. The van der Waals surface area contributed by atoms with Crippen molar-refractivity contribution < 1.29 is 9.59 Å². The molecule has 152 valence electrons. The zero-order chi connectivity index (χ0) is 21.6. The number of carbonyl (C=O) groups excluding carboxylic acids is 2. The van der Waals surface area contributed by atoms with Gasteiger partial charge in [0.15, 0.2) is 21.2 Å². The normalized spacial score (nSPS) is 11.1. The van der Waals surface area contributed by atoms with Crippen molar-refractivity contribution in [3.05, 3.63) is 68.0 Å². The Hall–Kier alpha value is -3.24. The van der Waals surface area contributed by atoms with Crippen LogP contribution in [0.25, 0.3) is 11.5 Å². The predicted octanol–water partition coefficient (Wildman–Crippen LogP) is 3.86. The van der Waals surface area contributed by atoms with E-state index < -0.39 is 0 Å². The Morgan fingerprint density at radius 2 is 1.80 bits per heavy atom. The lowest BCUT2D eigenvalue weighted by Crippen LogP contribution is -2.18. The zero-order valence-corrected chi connectivity index (χ0v) is 18.4. The molecule has 0 bridgehead atoms. The summed E-state index contributed by atoms with van der Waals surface area (Å²) in [5, 5.41) is 12.5. The fraction of sp³-hybridized carbons (Fsp3) is 0.200. The quantitative estimate of drug-likeness (QED) is 0.355. The van der Waals surface area contributed by atoms with E-state index in [-0.39, 0.29) is 17.4 Å². The summed E-state index contributed by atoms with van der Waals surface area (Å²) in [4.78, 5) is 25.7. The standard InChI is InChI=1S/C20H18N6O2S2/c1-11-10-12(2)25(22-11)19(28)17-18(26-13(3)16(14(4)27)21-23-26)24(20(29)30-17)15-8-6-5-7-9-15/h5-10H,1-4H3. The van der Waals surface area contributed by atoms with Crippen molar-refractivity contribution in [1.29, 1.82) is 0 Å². The molecule has 3 heterocycles. The molecule has 0 atom stereocenters. The fourth-order valence-corrected chi connectivity index (χ4v) is 4.63. The molecule has 0 unspecified atom stereocenters. The van der Waals surface area contributed by atoms with Gasteiger partial charge in [0.05, 0.1) is 11.4 Å². The first kappa shape index (κ1) is 20.0. The lowest BCUT2D eigenvalue weighted by molar-refractivity contribution is 0.0945. The molecule has 4 rings (SSSR count). The maximum absolute atomic E-state index is 13.4. The van der Waals surface area contributed by atoms with Gasteiger partial charge in [0, 0.05) is 18.3 Å². The van der Waals surface area contributed by atoms with Gasteiger partial charge < -0.3 is 0 Å². The third-order valence-corrected chi connectivity index (χ3v) is 5.98. The smallest absolute Gasteiger partial charge is 0.292 e. The highest BCUT2D eigenvalue weighted by Crippen LogP contribution is 2.29. The molecule has 0 saturated heterocycles.